The van der Waals surface area contributed by atoms with Gasteiger partial charge >= 0.3 is 0 Å². The van der Waals surface area contributed by atoms with Gasteiger partial charge < -0.3 is 14.6 Å². The van der Waals surface area contributed by atoms with Crippen molar-refractivity contribution >= 4 is 81.9 Å². The predicted molar refractivity (Wildman–Crippen MR) is 233 cm³/mol. The van der Waals surface area contributed by atoms with Crippen molar-refractivity contribution in [2.24, 2.45) is 4.99 Å². The van der Waals surface area contributed by atoms with Crippen LogP contribution in [0.5, 0.6) is 0 Å². The molecule has 3 heterocycles. The summed E-state index contributed by atoms with van der Waals surface area (Å²) in [6.07, 6.45) is 18.2. The zero-order valence-electron chi connectivity index (χ0n) is 29.9. The van der Waals surface area contributed by atoms with Crippen LogP contribution in [0.15, 0.2) is 191 Å². The molecule has 0 radical (unpaired) electrons. The number of rotatable bonds is 6. The van der Waals surface area contributed by atoms with Gasteiger partial charge in [-0.3, -0.25) is 0 Å². The minimum absolute atomic E-state index is 0.0438. The molecule has 0 saturated heterocycles. The molecule has 262 valence electrons. The molecular formula is C50H35N3OS. The first-order valence-electron chi connectivity index (χ1n) is 18.9. The molecule has 0 amide bonds. The van der Waals surface area contributed by atoms with Crippen molar-refractivity contribution < 1.29 is 4.42 Å². The quantitative estimate of drug-likeness (QED) is 0.186. The lowest BCUT2D eigenvalue weighted by Gasteiger charge is -2.33. The lowest BCUT2D eigenvalue weighted by atomic mass is 9.93. The number of hydrogen-bond acceptors (Lipinski definition) is 5. The standard InChI is InChI=1S/C50H35N3OS/c1-3-14-32(15-4-1)33-16-13-17-34(30-33)48-49(52-42-23-10-9-22-41(42)51-48)40-28-29-43(50-47(40)39-21-7-11-24-44(39)54-50)53(35-18-5-2-6-19-35)36-26-27-38-37-20-8-12-25-45(37)55-46(38)31-36/h1-18,20-31,35,42,52H,19H2. The SMILES string of the molecule is C1=CCC(N(c2ccc3c(c2)sc2ccccc23)c2ccc(C3=C(c4cccc(-c5ccccc5)c4)N=C4C=CC=CC4N3)c3c2oc2ccccc23)C=C1. The van der Waals surface area contributed by atoms with Crippen molar-refractivity contribution in [1.82, 2.24) is 5.32 Å². The first-order chi connectivity index (χ1) is 27.3. The summed E-state index contributed by atoms with van der Waals surface area (Å²) in [6, 6.07) is 47.9. The number of nitrogens with zero attached hydrogens (tertiary/aromatic N) is 2. The van der Waals surface area contributed by atoms with E-state index in [9.17, 15) is 0 Å². The molecule has 1 aliphatic heterocycles. The Morgan fingerprint density at radius 2 is 1.45 bits per heavy atom. The number of para-hydroxylation sites is 1. The fourth-order valence-corrected chi connectivity index (χ4v) is 9.54. The zero-order valence-corrected chi connectivity index (χ0v) is 30.7. The van der Waals surface area contributed by atoms with Crippen molar-refractivity contribution in [2.45, 2.75) is 18.5 Å². The third kappa shape index (κ3) is 5.38. The summed E-state index contributed by atoms with van der Waals surface area (Å²) >= 11 is 1.85. The normalized spacial score (nSPS) is 17.6. The van der Waals surface area contributed by atoms with Gasteiger partial charge in [0.15, 0.2) is 5.58 Å². The van der Waals surface area contributed by atoms with Gasteiger partial charge in [-0.1, -0.05) is 134 Å². The number of fused-ring (bicyclic) bond motifs is 7. The van der Waals surface area contributed by atoms with E-state index in [4.69, 9.17) is 9.41 Å². The number of allylic oxidation sites excluding steroid dienone is 4. The monoisotopic (exact) mass is 725 g/mol. The minimum atomic E-state index is -0.0438. The summed E-state index contributed by atoms with van der Waals surface area (Å²) in [4.78, 5) is 7.87. The molecule has 2 aliphatic carbocycles. The van der Waals surface area contributed by atoms with Crippen LogP contribution in [0.4, 0.5) is 11.4 Å². The molecule has 11 rings (SSSR count). The Labute approximate surface area is 323 Å². The predicted octanol–water partition coefficient (Wildman–Crippen LogP) is 13.0. The van der Waals surface area contributed by atoms with E-state index in [0.717, 1.165) is 73.5 Å². The van der Waals surface area contributed by atoms with Gasteiger partial charge in [-0.2, -0.15) is 0 Å². The molecule has 5 heteroatoms. The topological polar surface area (TPSA) is 40.8 Å². The van der Waals surface area contributed by atoms with Gasteiger partial charge in [-0.15, -0.1) is 11.3 Å². The summed E-state index contributed by atoms with van der Waals surface area (Å²) in [5, 5.41) is 8.68. The fourth-order valence-electron chi connectivity index (χ4n) is 8.41. The van der Waals surface area contributed by atoms with Crippen molar-refractivity contribution in [3.05, 3.63) is 193 Å². The van der Waals surface area contributed by atoms with E-state index in [2.05, 4.69) is 192 Å². The number of furan rings is 1. The van der Waals surface area contributed by atoms with E-state index < -0.39 is 0 Å². The van der Waals surface area contributed by atoms with Crippen LogP contribution < -0.4 is 10.2 Å². The first kappa shape index (κ1) is 31.8. The molecule has 8 aromatic rings. The Balaban J connectivity index is 1.15. The van der Waals surface area contributed by atoms with E-state index in [1.807, 2.05) is 11.3 Å². The van der Waals surface area contributed by atoms with Crippen LogP contribution in [-0.2, 0) is 0 Å². The van der Waals surface area contributed by atoms with Crippen LogP contribution in [-0.4, -0.2) is 17.8 Å². The van der Waals surface area contributed by atoms with Gasteiger partial charge in [0, 0.05) is 47.8 Å². The van der Waals surface area contributed by atoms with Crippen LogP contribution in [0, 0.1) is 0 Å². The summed E-state index contributed by atoms with van der Waals surface area (Å²) in [6.45, 7) is 0. The maximum absolute atomic E-state index is 6.98. The Hall–Kier alpha value is -6.69. The maximum atomic E-state index is 6.98. The molecule has 3 aliphatic rings. The second-order valence-corrected chi connectivity index (χ2v) is 15.4. The molecule has 1 N–H and O–H groups in total. The fraction of sp³-hybridized carbons (Fsp3) is 0.0600. The number of aliphatic imine (C=N–C) groups is 1. The summed E-state index contributed by atoms with van der Waals surface area (Å²) in [5.74, 6) is 0. The highest BCUT2D eigenvalue weighted by Gasteiger charge is 2.30. The van der Waals surface area contributed by atoms with Crippen LogP contribution in [0.2, 0.25) is 0 Å². The van der Waals surface area contributed by atoms with Crippen molar-refractivity contribution in [1.29, 1.82) is 0 Å². The average molecular weight is 726 g/mol. The minimum Gasteiger partial charge on any atom is -0.454 e. The second kappa shape index (κ2) is 13.0. The number of nitrogens with one attached hydrogen (secondary N) is 1. The largest absolute Gasteiger partial charge is 0.454 e. The Kier molecular flexibility index (Phi) is 7.52. The zero-order chi connectivity index (χ0) is 36.3. The molecule has 2 atom stereocenters. The lowest BCUT2D eigenvalue weighted by molar-refractivity contribution is 0.664. The Morgan fingerprint density at radius 3 is 2.36 bits per heavy atom. The van der Waals surface area contributed by atoms with Gasteiger partial charge in [0.05, 0.1) is 34.9 Å². The second-order valence-electron chi connectivity index (χ2n) is 14.3. The molecule has 2 aromatic heterocycles. The molecule has 0 bridgehead atoms. The van der Waals surface area contributed by atoms with Crippen LogP contribution in [0.3, 0.4) is 0 Å². The van der Waals surface area contributed by atoms with Gasteiger partial charge in [-0.05, 0) is 66.1 Å². The highest BCUT2D eigenvalue weighted by molar-refractivity contribution is 7.25. The van der Waals surface area contributed by atoms with E-state index >= 15 is 0 Å². The van der Waals surface area contributed by atoms with E-state index in [1.54, 1.807) is 0 Å². The van der Waals surface area contributed by atoms with Crippen LogP contribution >= 0.6 is 11.3 Å². The molecule has 0 saturated carbocycles. The molecule has 6 aromatic carbocycles. The summed E-state index contributed by atoms with van der Waals surface area (Å²) in [7, 11) is 0. The van der Waals surface area contributed by atoms with Gasteiger partial charge in [0.1, 0.15) is 5.58 Å². The number of anilines is 2. The van der Waals surface area contributed by atoms with E-state index in [-0.39, 0.29) is 12.1 Å². The number of benzene rings is 6. The van der Waals surface area contributed by atoms with Crippen molar-refractivity contribution in [2.75, 3.05) is 4.90 Å². The average Bonchev–Trinajstić information content (AvgIpc) is 3.83. The van der Waals surface area contributed by atoms with E-state index in [0.29, 0.717) is 0 Å². The first-order valence-corrected chi connectivity index (χ1v) is 19.7. The number of hydrogen-bond donors (Lipinski definition) is 1. The maximum Gasteiger partial charge on any atom is 0.159 e. The van der Waals surface area contributed by atoms with Gasteiger partial charge in [-0.25, -0.2) is 4.99 Å². The molecule has 0 fully saturated rings. The molecule has 0 spiro atoms. The molecular weight excluding hydrogens is 691 g/mol. The highest BCUT2D eigenvalue weighted by atomic mass is 32.1. The molecule has 2 unspecified atom stereocenters. The third-order valence-corrected chi connectivity index (χ3v) is 12.1. The third-order valence-electron chi connectivity index (χ3n) is 11.0. The Bertz CT molecular complexity index is 3010. The smallest absolute Gasteiger partial charge is 0.159 e. The van der Waals surface area contributed by atoms with Crippen molar-refractivity contribution in [3.8, 4) is 11.1 Å². The van der Waals surface area contributed by atoms with Gasteiger partial charge in [0.25, 0.3) is 0 Å². The van der Waals surface area contributed by atoms with Crippen LogP contribution in [0.25, 0.3) is 64.6 Å². The number of thiophene rings is 1. The summed E-state index contributed by atoms with van der Waals surface area (Å²) in [5.41, 5.74) is 11.2. The molecule has 4 nitrogen and oxygen atoms in total. The molecule has 55 heavy (non-hydrogen) atoms. The highest BCUT2D eigenvalue weighted by Crippen LogP contribution is 2.46. The lowest BCUT2D eigenvalue weighted by Crippen LogP contribution is -2.37. The van der Waals surface area contributed by atoms with E-state index in [1.165, 1.54) is 25.7 Å². The summed E-state index contributed by atoms with van der Waals surface area (Å²) < 4.78 is 9.56. The van der Waals surface area contributed by atoms with Crippen LogP contribution in [0.1, 0.15) is 17.5 Å². The van der Waals surface area contributed by atoms with Gasteiger partial charge in [0.2, 0.25) is 0 Å². The Morgan fingerprint density at radius 1 is 0.655 bits per heavy atom. The van der Waals surface area contributed by atoms with Crippen molar-refractivity contribution in [3.63, 3.8) is 0 Å².